The molecule has 1 fully saturated rings. The predicted molar refractivity (Wildman–Crippen MR) is 67.3 cm³/mol. The largest absolute Gasteiger partial charge is 0.497 e. The van der Waals surface area contributed by atoms with Gasteiger partial charge in [0.2, 0.25) is 5.91 Å². The molecule has 1 aromatic rings. The minimum Gasteiger partial charge on any atom is -0.497 e. The highest BCUT2D eigenvalue weighted by molar-refractivity contribution is 5.92. The molecule has 1 heterocycles. The van der Waals surface area contributed by atoms with Crippen LogP contribution in [0.3, 0.4) is 0 Å². The molecule has 2 rings (SSSR count). The van der Waals surface area contributed by atoms with Crippen molar-refractivity contribution < 1.29 is 9.53 Å². The van der Waals surface area contributed by atoms with Gasteiger partial charge in [-0.2, -0.15) is 0 Å². The number of amides is 1. The van der Waals surface area contributed by atoms with E-state index in [4.69, 9.17) is 4.74 Å². The van der Waals surface area contributed by atoms with Crippen LogP contribution < -0.4 is 10.1 Å². The van der Waals surface area contributed by atoms with E-state index >= 15 is 0 Å². The summed E-state index contributed by atoms with van der Waals surface area (Å²) in [4.78, 5) is 14.0. The molecule has 1 aliphatic heterocycles. The summed E-state index contributed by atoms with van der Waals surface area (Å²) >= 11 is 0. The van der Waals surface area contributed by atoms with Crippen LogP contribution in [0.2, 0.25) is 0 Å². The average Bonchev–Trinajstić information content (AvgIpc) is 2.82. The van der Waals surface area contributed by atoms with E-state index in [1.807, 2.05) is 24.3 Å². The summed E-state index contributed by atoms with van der Waals surface area (Å²) in [5, 5.41) is 2.88. The molecule has 0 saturated carbocycles. The van der Waals surface area contributed by atoms with E-state index < -0.39 is 0 Å². The molecule has 0 radical (unpaired) electrons. The van der Waals surface area contributed by atoms with Gasteiger partial charge < -0.3 is 10.1 Å². The van der Waals surface area contributed by atoms with Gasteiger partial charge in [0, 0.05) is 11.8 Å². The Labute approximate surface area is 102 Å². The molecule has 1 amide bonds. The summed E-state index contributed by atoms with van der Waals surface area (Å²) < 4.78 is 5.11. The van der Waals surface area contributed by atoms with Crippen LogP contribution >= 0.6 is 0 Å². The van der Waals surface area contributed by atoms with Crippen LogP contribution in [0, 0.1) is 0 Å². The van der Waals surface area contributed by atoms with Crippen molar-refractivity contribution >= 4 is 11.6 Å². The Balaban J connectivity index is 1.88. The van der Waals surface area contributed by atoms with Gasteiger partial charge in [0.15, 0.2) is 0 Å². The molecule has 0 atom stereocenters. The number of carbonyl (C=O) groups is 1. The maximum absolute atomic E-state index is 11.8. The number of carbonyl (C=O) groups excluding carboxylic acids is 1. The van der Waals surface area contributed by atoms with Crippen molar-refractivity contribution in [2.45, 2.75) is 12.8 Å². The molecule has 4 heteroatoms. The lowest BCUT2D eigenvalue weighted by Gasteiger charge is -2.14. The molecule has 0 spiro atoms. The second-order valence-electron chi connectivity index (χ2n) is 4.26. The van der Waals surface area contributed by atoms with E-state index in [2.05, 4.69) is 10.2 Å². The average molecular weight is 234 g/mol. The molecular formula is C13H18N2O2. The first-order chi connectivity index (χ1) is 8.28. The Kier molecular flexibility index (Phi) is 3.98. The van der Waals surface area contributed by atoms with Crippen molar-refractivity contribution in [2.75, 3.05) is 32.1 Å². The Hall–Kier alpha value is -1.55. The molecule has 1 N–H and O–H groups in total. The van der Waals surface area contributed by atoms with Crippen molar-refractivity contribution in [1.82, 2.24) is 4.90 Å². The first-order valence-electron chi connectivity index (χ1n) is 5.94. The van der Waals surface area contributed by atoms with Gasteiger partial charge in [-0.05, 0) is 38.1 Å². The van der Waals surface area contributed by atoms with Gasteiger partial charge in [0.25, 0.3) is 0 Å². The lowest BCUT2D eigenvalue weighted by atomic mass is 10.3. The summed E-state index contributed by atoms with van der Waals surface area (Å²) in [6.45, 7) is 2.55. The standard InChI is InChI=1S/C13H18N2O2/c1-17-12-6-4-5-11(9-12)14-13(16)10-15-7-2-3-8-15/h4-6,9H,2-3,7-8,10H2,1H3,(H,14,16). The molecule has 1 saturated heterocycles. The molecule has 17 heavy (non-hydrogen) atoms. The zero-order chi connectivity index (χ0) is 12.1. The van der Waals surface area contributed by atoms with Gasteiger partial charge >= 0.3 is 0 Å². The van der Waals surface area contributed by atoms with Crippen LogP contribution in [-0.4, -0.2) is 37.6 Å². The van der Waals surface area contributed by atoms with Crippen molar-refractivity contribution in [3.8, 4) is 5.75 Å². The third kappa shape index (κ3) is 3.46. The van der Waals surface area contributed by atoms with Crippen LogP contribution in [0.15, 0.2) is 24.3 Å². The highest BCUT2D eigenvalue weighted by atomic mass is 16.5. The molecule has 4 nitrogen and oxygen atoms in total. The number of methoxy groups -OCH3 is 1. The third-order valence-electron chi connectivity index (χ3n) is 2.92. The molecule has 0 bridgehead atoms. The normalized spacial score (nSPS) is 15.8. The van der Waals surface area contributed by atoms with Gasteiger partial charge in [-0.25, -0.2) is 0 Å². The quantitative estimate of drug-likeness (QED) is 0.862. The van der Waals surface area contributed by atoms with E-state index in [-0.39, 0.29) is 5.91 Å². The molecule has 0 unspecified atom stereocenters. The number of hydrogen-bond donors (Lipinski definition) is 1. The summed E-state index contributed by atoms with van der Waals surface area (Å²) in [6, 6.07) is 7.41. The maximum Gasteiger partial charge on any atom is 0.238 e. The maximum atomic E-state index is 11.8. The zero-order valence-electron chi connectivity index (χ0n) is 10.1. The van der Waals surface area contributed by atoms with E-state index in [1.165, 1.54) is 12.8 Å². The van der Waals surface area contributed by atoms with Gasteiger partial charge in [-0.15, -0.1) is 0 Å². The summed E-state index contributed by atoms with van der Waals surface area (Å²) in [7, 11) is 1.62. The minimum atomic E-state index is 0.0418. The fourth-order valence-corrected chi connectivity index (χ4v) is 2.05. The number of rotatable bonds is 4. The molecule has 0 aromatic heterocycles. The van der Waals surface area contributed by atoms with Crippen LogP contribution in [0.25, 0.3) is 0 Å². The number of nitrogens with one attached hydrogen (secondary N) is 1. The number of anilines is 1. The topological polar surface area (TPSA) is 41.6 Å². The Morgan fingerprint density at radius 1 is 1.41 bits per heavy atom. The highest BCUT2D eigenvalue weighted by Crippen LogP contribution is 2.16. The fourth-order valence-electron chi connectivity index (χ4n) is 2.05. The molecule has 1 aromatic carbocycles. The number of ether oxygens (including phenoxy) is 1. The SMILES string of the molecule is COc1cccc(NC(=O)CN2CCCC2)c1. The van der Waals surface area contributed by atoms with Crippen molar-refractivity contribution in [3.63, 3.8) is 0 Å². The second-order valence-corrected chi connectivity index (χ2v) is 4.26. The van der Waals surface area contributed by atoms with Gasteiger partial charge in [-0.3, -0.25) is 9.69 Å². The summed E-state index contributed by atoms with van der Waals surface area (Å²) in [5.74, 6) is 0.795. The van der Waals surface area contributed by atoms with E-state index in [1.54, 1.807) is 7.11 Å². The Morgan fingerprint density at radius 2 is 2.18 bits per heavy atom. The van der Waals surface area contributed by atoms with Crippen LogP contribution in [-0.2, 0) is 4.79 Å². The Morgan fingerprint density at radius 3 is 2.88 bits per heavy atom. The monoisotopic (exact) mass is 234 g/mol. The van der Waals surface area contributed by atoms with Gasteiger partial charge in [0.05, 0.1) is 13.7 Å². The lowest BCUT2D eigenvalue weighted by molar-refractivity contribution is -0.117. The fraction of sp³-hybridized carbons (Fsp3) is 0.462. The van der Waals surface area contributed by atoms with Crippen LogP contribution in [0.1, 0.15) is 12.8 Å². The van der Waals surface area contributed by atoms with E-state index in [0.29, 0.717) is 6.54 Å². The Bertz CT molecular complexity index is 387. The van der Waals surface area contributed by atoms with E-state index in [0.717, 1.165) is 24.5 Å². The number of benzene rings is 1. The zero-order valence-corrected chi connectivity index (χ0v) is 10.1. The van der Waals surface area contributed by atoms with Crippen molar-refractivity contribution in [3.05, 3.63) is 24.3 Å². The molecule has 92 valence electrons. The first kappa shape index (κ1) is 11.9. The molecular weight excluding hydrogens is 216 g/mol. The van der Waals surface area contributed by atoms with Gasteiger partial charge in [-0.1, -0.05) is 6.07 Å². The van der Waals surface area contributed by atoms with Gasteiger partial charge in [0.1, 0.15) is 5.75 Å². The van der Waals surface area contributed by atoms with Crippen molar-refractivity contribution in [1.29, 1.82) is 0 Å². The second kappa shape index (κ2) is 5.68. The molecule has 0 aliphatic carbocycles. The summed E-state index contributed by atoms with van der Waals surface area (Å²) in [5.41, 5.74) is 0.786. The summed E-state index contributed by atoms with van der Waals surface area (Å²) in [6.07, 6.45) is 2.40. The predicted octanol–water partition coefficient (Wildman–Crippen LogP) is 1.73. The smallest absolute Gasteiger partial charge is 0.238 e. The number of hydrogen-bond acceptors (Lipinski definition) is 3. The number of likely N-dealkylation sites (tertiary alicyclic amines) is 1. The number of nitrogens with zero attached hydrogens (tertiary/aromatic N) is 1. The molecule has 1 aliphatic rings. The third-order valence-corrected chi connectivity index (χ3v) is 2.92. The van der Waals surface area contributed by atoms with E-state index in [9.17, 15) is 4.79 Å². The lowest BCUT2D eigenvalue weighted by Crippen LogP contribution is -2.30. The van der Waals surface area contributed by atoms with Crippen LogP contribution in [0.4, 0.5) is 5.69 Å². The van der Waals surface area contributed by atoms with Crippen LogP contribution in [0.5, 0.6) is 5.75 Å². The first-order valence-corrected chi connectivity index (χ1v) is 5.94. The highest BCUT2D eigenvalue weighted by Gasteiger charge is 2.14. The van der Waals surface area contributed by atoms with Crippen molar-refractivity contribution in [2.24, 2.45) is 0 Å². The minimum absolute atomic E-state index is 0.0418.